The molecule has 0 aromatic rings. The molecule has 0 radical (unpaired) electrons. The fourth-order valence-electron chi connectivity index (χ4n) is 0.143. The van der Waals surface area contributed by atoms with Crippen LogP contribution < -0.4 is 5.73 Å². The normalized spacial score (nSPS) is 7.23. The Morgan fingerprint density at radius 3 is 1.38 bits per heavy atom. The van der Waals surface area contributed by atoms with Crippen LogP contribution in [0.3, 0.4) is 0 Å². The summed E-state index contributed by atoms with van der Waals surface area (Å²) in [7, 11) is 0. The molecule has 0 aromatic carbocycles. The van der Waals surface area contributed by atoms with Crippen LogP contribution in [0.25, 0.3) is 0 Å². The van der Waals surface area contributed by atoms with Crippen molar-refractivity contribution in [3.05, 3.63) is 12.2 Å². The van der Waals surface area contributed by atoms with Crippen LogP contribution in [0, 0.1) is 0 Å². The molecule has 0 atom stereocenters. The van der Waals surface area contributed by atoms with Crippen molar-refractivity contribution in [2.45, 2.75) is 6.92 Å². The molecule has 7 nitrogen and oxygen atoms in total. The van der Waals surface area contributed by atoms with Gasteiger partial charge in [0.1, 0.15) is 0 Å². The number of carboxylic acids is 2. The lowest BCUT2D eigenvalue weighted by molar-refractivity contribution is -0.134. The van der Waals surface area contributed by atoms with E-state index < -0.39 is 11.9 Å². The second-order valence-corrected chi connectivity index (χ2v) is 1.42. The Kier molecular flexibility index (Phi) is 29.3. The van der Waals surface area contributed by atoms with E-state index in [4.69, 9.17) is 15.9 Å². The molecule has 0 saturated carbocycles. The summed E-state index contributed by atoms with van der Waals surface area (Å²) in [6.45, 7) is 2.65. The van der Waals surface area contributed by atoms with Crippen molar-refractivity contribution >= 4 is 11.9 Å². The molecule has 0 amide bonds. The van der Waals surface area contributed by atoms with Gasteiger partial charge in [-0.25, -0.2) is 9.59 Å². The summed E-state index contributed by atoms with van der Waals surface area (Å²) in [5.41, 5.74) is 4.85. The van der Waals surface area contributed by atoms with Gasteiger partial charge < -0.3 is 26.9 Å². The first-order valence-electron chi connectivity index (χ1n) is 2.88. The molecule has 0 bridgehead atoms. The highest BCUT2D eigenvalue weighted by molar-refractivity contribution is 5.89. The number of rotatable bonds is 2. The first-order chi connectivity index (χ1) is 5.04. The Bertz CT molecular complexity index is 139. The maximum absolute atomic E-state index is 9.55. The Balaban J connectivity index is -0.0000000720. The summed E-state index contributed by atoms with van der Waals surface area (Å²) in [4.78, 5) is 19.1. The third kappa shape index (κ3) is 61.1. The van der Waals surface area contributed by atoms with Crippen LogP contribution in [-0.2, 0) is 9.59 Å². The molecular formula is C6H15NO6. The summed E-state index contributed by atoms with van der Waals surface area (Å²) < 4.78 is 0. The van der Waals surface area contributed by atoms with E-state index in [9.17, 15) is 9.59 Å². The summed E-state index contributed by atoms with van der Waals surface area (Å²) in [5, 5.41) is 15.6. The molecule has 0 fully saturated rings. The molecule has 0 spiro atoms. The molecule has 0 aliphatic heterocycles. The fourth-order valence-corrected chi connectivity index (χ4v) is 0.143. The second-order valence-electron chi connectivity index (χ2n) is 1.42. The van der Waals surface area contributed by atoms with Crippen LogP contribution in [0.15, 0.2) is 12.2 Å². The molecule has 0 aromatic heterocycles. The minimum atomic E-state index is -1.26. The third-order valence-corrected chi connectivity index (χ3v) is 0.368. The standard InChI is InChI=1S/C4H4O4.C2H7N.2H2O/c5-3(6)1-2-4(7)8;1-2-3;;/h1-2H,(H,5,6)(H,7,8);2-3H2,1H3;2*1H2. The predicted molar refractivity (Wildman–Crippen MR) is 46.4 cm³/mol. The quantitative estimate of drug-likeness (QED) is 0.436. The van der Waals surface area contributed by atoms with Gasteiger partial charge in [-0.15, -0.1) is 0 Å². The van der Waals surface area contributed by atoms with E-state index in [1.807, 2.05) is 6.92 Å². The second kappa shape index (κ2) is 16.9. The minimum Gasteiger partial charge on any atom is -0.478 e. The molecule has 7 heteroatoms. The van der Waals surface area contributed by atoms with E-state index in [1.165, 1.54) is 0 Å². The van der Waals surface area contributed by atoms with Crippen molar-refractivity contribution < 1.29 is 30.8 Å². The Hall–Kier alpha value is -1.44. The van der Waals surface area contributed by atoms with Gasteiger partial charge >= 0.3 is 11.9 Å². The highest BCUT2D eigenvalue weighted by Gasteiger charge is 1.88. The van der Waals surface area contributed by atoms with Gasteiger partial charge in [0.15, 0.2) is 0 Å². The van der Waals surface area contributed by atoms with Crippen LogP contribution in [0.4, 0.5) is 0 Å². The zero-order valence-corrected chi connectivity index (χ0v) is 7.15. The molecular weight excluding hydrogens is 182 g/mol. The van der Waals surface area contributed by atoms with Crippen LogP contribution in [0.5, 0.6) is 0 Å². The average Bonchev–Trinajstić information content (AvgIpc) is 1.85. The van der Waals surface area contributed by atoms with Gasteiger partial charge in [-0.1, -0.05) is 6.92 Å². The summed E-state index contributed by atoms with van der Waals surface area (Å²) in [6.07, 6.45) is 1.12. The topological polar surface area (TPSA) is 164 Å². The molecule has 0 aliphatic rings. The number of carbonyl (C=O) groups is 2. The number of nitrogens with two attached hydrogens (primary N) is 1. The molecule has 13 heavy (non-hydrogen) atoms. The smallest absolute Gasteiger partial charge is 0.328 e. The number of carboxylic acid groups (broad SMARTS) is 2. The van der Waals surface area contributed by atoms with Gasteiger partial charge in [0.2, 0.25) is 0 Å². The van der Waals surface area contributed by atoms with Crippen LogP contribution in [0.1, 0.15) is 6.92 Å². The number of hydrogen-bond acceptors (Lipinski definition) is 3. The molecule has 8 N–H and O–H groups in total. The minimum absolute atomic E-state index is 0. The van der Waals surface area contributed by atoms with Crippen molar-refractivity contribution in [1.82, 2.24) is 0 Å². The van der Waals surface area contributed by atoms with Gasteiger partial charge in [0.05, 0.1) is 0 Å². The Labute approximate surface area is 75.1 Å². The predicted octanol–water partition coefficient (Wildman–Crippen LogP) is -1.97. The van der Waals surface area contributed by atoms with Crippen molar-refractivity contribution in [2.24, 2.45) is 5.73 Å². The van der Waals surface area contributed by atoms with E-state index in [1.54, 1.807) is 0 Å². The van der Waals surface area contributed by atoms with Gasteiger partial charge in [-0.2, -0.15) is 0 Å². The summed E-state index contributed by atoms with van der Waals surface area (Å²) >= 11 is 0. The van der Waals surface area contributed by atoms with Crippen LogP contribution in [-0.4, -0.2) is 39.6 Å². The van der Waals surface area contributed by atoms with E-state index in [0.29, 0.717) is 12.2 Å². The van der Waals surface area contributed by atoms with Crippen molar-refractivity contribution in [2.75, 3.05) is 6.54 Å². The SMILES string of the molecule is CCN.O.O.O=C(O)C=CC(=O)O. The van der Waals surface area contributed by atoms with Crippen LogP contribution in [0.2, 0.25) is 0 Å². The van der Waals surface area contributed by atoms with Gasteiger partial charge in [-0.05, 0) is 6.54 Å². The van der Waals surface area contributed by atoms with E-state index in [2.05, 4.69) is 0 Å². The van der Waals surface area contributed by atoms with E-state index >= 15 is 0 Å². The first kappa shape index (κ1) is 22.6. The fraction of sp³-hybridized carbons (Fsp3) is 0.333. The highest BCUT2D eigenvalue weighted by atomic mass is 16.4. The van der Waals surface area contributed by atoms with E-state index in [0.717, 1.165) is 6.54 Å². The zero-order chi connectivity index (χ0) is 9.28. The lowest BCUT2D eigenvalue weighted by Gasteiger charge is -1.74. The summed E-state index contributed by atoms with van der Waals surface area (Å²) in [5.74, 6) is -2.51. The molecule has 80 valence electrons. The van der Waals surface area contributed by atoms with Gasteiger partial charge in [0, 0.05) is 12.2 Å². The largest absolute Gasteiger partial charge is 0.478 e. The monoisotopic (exact) mass is 197 g/mol. The van der Waals surface area contributed by atoms with Crippen molar-refractivity contribution in [1.29, 1.82) is 0 Å². The highest BCUT2D eigenvalue weighted by Crippen LogP contribution is 1.70. The van der Waals surface area contributed by atoms with E-state index in [-0.39, 0.29) is 11.0 Å². The Morgan fingerprint density at radius 1 is 1.15 bits per heavy atom. The average molecular weight is 197 g/mol. The maximum Gasteiger partial charge on any atom is 0.328 e. The van der Waals surface area contributed by atoms with Gasteiger partial charge in [0.25, 0.3) is 0 Å². The Morgan fingerprint density at radius 2 is 1.31 bits per heavy atom. The third-order valence-electron chi connectivity index (χ3n) is 0.368. The van der Waals surface area contributed by atoms with Gasteiger partial charge in [-0.3, -0.25) is 0 Å². The van der Waals surface area contributed by atoms with Crippen molar-refractivity contribution in [3.8, 4) is 0 Å². The number of aliphatic carboxylic acids is 2. The zero-order valence-electron chi connectivity index (χ0n) is 7.15. The lowest BCUT2D eigenvalue weighted by Crippen LogP contribution is -1.91. The summed E-state index contributed by atoms with van der Waals surface area (Å²) in [6, 6.07) is 0. The van der Waals surface area contributed by atoms with Crippen LogP contribution >= 0.6 is 0 Å². The molecule has 0 aliphatic carbocycles. The maximum atomic E-state index is 9.55. The first-order valence-corrected chi connectivity index (χ1v) is 2.88. The molecule has 0 saturated heterocycles. The molecule has 0 heterocycles. The molecule has 0 rings (SSSR count). The molecule has 0 unspecified atom stereocenters. The lowest BCUT2D eigenvalue weighted by atomic mass is 10.5. The van der Waals surface area contributed by atoms with Crippen molar-refractivity contribution in [3.63, 3.8) is 0 Å². The number of hydrogen-bond donors (Lipinski definition) is 3.